The highest BCUT2D eigenvalue weighted by Gasteiger charge is 2.28. The van der Waals surface area contributed by atoms with Crippen molar-refractivity contribution in [1.29, 1.82) is 0 Å². The smallest absolute Gasteiger partial charge is 0.182 e. The Bertz CT molecular complexity index is 502. The summed E-state index contributed by atoms with van der Waals surface area (Å²) in [6.45, 7) is 1.32. The molecule has 0 saturated carbocycles. The third-order valence-corrected chi connectivity index (χ3v) is 4.36. The molecule has 2 rings (SSSR count). The minimum Gasteiger partial charge on any atom is -0.368 e. The van der Waals surface area contributed by atoms with E-state index in [2.05, 4.69) is 0 Å². The van der Waals surface area contributed by atoms with Crippen LogP contribution in [0.3, 0.4) is 0 Å². The molecule has 0 amide bonds. The lowest BCUT2D eigenvalue weighted by atomic mass is 10.2. The lowest BCUT2D eigenvalue weighted by Gasteiger charge is -2.30. The second kappa shape index (κ2) is 4.03. The summed E-state index contributed by atoms with van der Waals surface area (Å²) < 4.78 is 36.6. The van der Waals surface area contributed by atoms with Gasteiger partial charge in [-0.05, 0) is 18.2 Å². The van der Waals surface area contributed by atoms with Gasteiger partial charge in [0, 0.05) is 19.6 Å². The molecule has 0 aromatic heterocycles. The maximum atomic E-state index is 13.1. The zero-order valence-corrected chi connectivity index (χ0v) is 9.50. The van der Waals surface area contributed by atoms with Crippen LogP contribution in [0.1, 0.15) is 0 Å². The van der Waals surface area contributed by atoms with E-state index in [4.69, 9.17) is 5.73 Å². The highest BCUT2D eigenvalue weighted by atomic mass is 32.2. The van der Waals surface area contributed by atoms with Gasteiger partial charge in [-0.1, -0.05) is 0 Å². The Morgan fingerprint density at radius 3 is 2.88 bits per heavy atom. The van der Waals surface area contributed by atoms with Gasteiger partial charge in [0.1, 0.15) is 5.82 Å². The van der Waals surface area contributed by atoms with Gasteiger partial charge in [-0.3, -0.25) is 0 Å². The average molecular weight is 244 g/mol. The molecule has 1 aliphatic heterocycles. The standard InChI is InChI=1S/C10H13FN2O2S/c11-8-1-2-10-9(7-8)13(4-3-12)5-6-16(10,14)15/h1-2,7H,3-6,12H2. The van der Waals surface area contributed by atoms with Gasteiger partial charge in [0.25, 0.3) is 0 Å². The van der Waals surface area contributed by atoms with E-state index in [0.717, 1.165) is 0 Å². The van der Waals surface area contributed by atoms with E-state index in [1.165, 1.54) is 18.2 Å². The van der Waals surface area contributed by atoms with E-state index >= 15 is 0 Å². The zero-order chi connectivity index (χ0) is 11.8. The average Bonchev–Trinajstić information content (AvgIpc) is 2.22. The predicted octanol–water partition coefficient (Wildman–Crippen LogP) is 0.378. The molecule has 6 heteroatoms. The Kier molecular flexibility index (Phi) is 2.86. The molecule has 0 fully saturated rings. The van der Waals surface area contributed by atoms with Crippen molar-refractivity contribution in [2.45, 2.75) is 4.90 Å². The number of rotatable bonds is 2. The van der Waals surface area contributed by atoms with Crippen molar-refractivity contribution in [2.24, 2.45) is 5.73 Å². The topological polar surface area (TPSA) is 63.4 Å². The van der Waals surface area contributed by atoms with Crippen LogP contribution in [0.2, 0.25) is 0 Å². The fourth-order valence-electron chi connectivity index (χ4n) is 1.85. The van der Waals surface area contributed by atoms with Crippen LogP contribution in [-0.2, 0) is 9.84 Å². The van der Waals surface area contributed by atoms with Crippen LogP contribution in [0.4, 0.5) is 10.1 Å². The van der Waals surface area contributed by atoms with Crippen LogP contribution in [0, 0.1) is 5.82 Å². The Morgan fingerprint density at radius 2 is 2.19 bits per heavy atom. The third kappa shape index (κ3) is 1.90. The number of nitrogens with zero attached hydrogens (tertiary/aromatic N) is 1. The van der Waals surface area contributed by atoms with E-state index in [-0.39, 0.29) is 10.6 Å². The lowest BCUT2D eigenvalue weighted by molar-refractivity contribution is 0.587. The van der Waals surface area contributed by atoms with Gasteiger partial charge in [-0.25, -0.2) is 12.8 Å². The largest absolute Gasteiger partial charge is 0.368 e. The number of anilines is 1. The summed E-state index contributed by atoms with van der Waals surface area (Å²) in [4.78, 5) is 2.01. The molecule has 0 saturated heterocycles. The van der Waals surface area contributed by atoms with Gasteiger partial charge < -0.3 is 10.6 Å². The van der Waals surface area contributed by atoms with E-state index < -0.39 is 15.7 Å². The normalized spacial score (nSPS) is 18.2. The Balaban J connectivity index is 2.54. The van der Waals surface area contributed by atoms with E-state index in [9.17, 15) is 12.8 Å². The summed E-state index contributed by atoms with van der Waals surface area (Å²) in [6, 6.07) is 3.74. The number of benzene rings is 1. The number of hydrogen-bond donors (Lipinski definition) is 1. The van der Waals surface area contributed by atoms with Gasteiger partial charge in [-0.15, -0.1) is 0 Å². The number of sulfone groups is 1. The van der Waals surface area contributed by atoms with E-state index in [1.54, 1.807) is 4.90 Å². The fourth-order valence-corrected chi connectivity index (χ4v) is 3.31. The number of hydrogen-bond acceptors (Lipinski definition) is 4. The molecule has 0 radical (unpaired) electrons. The monoisotopic (exact) mass is 244 g/mol. The van der Waals surface area contributed by atoms with Gasteiger partial charge in [-0.2, -0.15) is 0 Å². The summed E-state index contributed by atoms with van der Waals surface area (Å²) in [7, 11) is -3.26. The first-order valence-corrected chi connectivity index (χ1v) is 6.67. The highest BCUT2D eigenvalue weighted by Crippen LogP contribution is 2.30. The Hall–Kier alpha value is -1.14. The molecule has 4 nitrogen and oxygen atoms in total. The molecule has 0 bridgehead atoms. The first-order valence-electron chi connectivity index (χ1n) is 5.02. The van der Waals surface area contributed by atoms with Crippen molar-refractivity contribution in [3.63, 3.8) is 0 Å². The minimum absolute atomic E-state index is 0.0611. The van der Waals surface area contributed by atoms with Crippen molar-refractivity contribution in [3.8, 4) is 0 Å². The SMILES string of the molecule is NCCN1CCS(=O)(=O)c2ccc(F)cc21. The van der Waals surface area contributed by atoms with Crippen molar-refractivity contribution < 1.29 is 12.8 Å². The van der Waals surface area contributed by atoms with Crippen molar-refractivity contribution in [2.75, 3.05) is 30.3 Å². The molecule has 0 unspecified atom stereocenters. The van der Waals surface area contributed by atoms with Crippen LogP contribution >= 0.6 is 0 Å². The fraction of sp³-hybridized carbons (Fsp3) is 0.400. The molecule has 0 atom stereocenters. The molecular weight excluding hydrogens is 231 g/mol. The van der Waals surface area contributed by atoms with Gasteiger partial charge in [0.15, 0.2) is 9.84 Å². The maximum absolute atomic E-state index is 13.1. The molecule has 2 N–H and O–H groups in total. The summed E-state index contributed by atoms with van der Waals surface area (Å²) in [5, 5.41) is 0. The lowest BCUT2D eigenvalue weighted by Crippen LogP contribution is -2.38. The van der Waals surface area contributed by atoms with Crippen molar-refractivity contribution in [1.82, 2.24) is 0 Å². The second-order valence-electron chi connectivity index (χ2n) is 3.71. The van der Waals surface area contributed by atoms with Crippen LogP contribution in [-0.4, -0.2) is 33.8 Å². The van der Waals surface area contributed by atoms with Gasteiger partial charge in [0.05, 0.1) is 16.3 Å². The zero-order valence-electron chi connectivity index (χ0n) is 8.69. The number of halogens is 1. The molecule has 16 heavy (non-hydrogen) atoms. The molecule has 1 aromatic carbocycles. The van der Waals surface area contributed by atoms with Crippen LogP contribution in [0.25, 0.3) is 0 Å². The molecule has 1 aromatic rings. The molecule has 88 valence electrons. The van der Waals surface area contributed by atoms with Crippen molar-refractivity contribution >= 4 is 15.5 Å². The van der Waals surface area contributed by atoms with Gasteiger partial charge >= 0.3 is 0 Å². The second-order valence-corrected chi connectivity index (χ2v) is 5.78. The van der Waals surface area contributed by atoms with E-state index in [1.807, 2.05) is 0 Å². The molecular formula is C10H13FN2O2S. The van der Waals surface area contributed by atoms with E-state index in [0.29, 0.717) is 25.3 Å². The molecule has 1 heterocycles. The highest BCUT2D eigenvalue weighted by molar-refractivity contribution is 7.91. The summed E-state index contributed by atoms with van der Waals surface area (Å²) >= 11 is 0. The summed E-state index contributed by atoms with van der Waals surface area (Å²) in [5.41, 5.74) is 5.86. The summed E-state index contributed by atoms with van der Waals surface area (Å²) in [5.74, 6) is -0.371. The van der Waals surface area contributed by atoms with Gasteiger partial charge in [0.2, 0.25) is 0 Å². The first-order chi connectivity index (χ1) is 7.54. The number of fused-ring (bicyclic) bond motifs is 1. The predicted molar refractivity (Wildman–Crippen MR) is 59.7 cm³/mol. The third-order valence-electron chi connectivity index (χ3n) is 2.63. The van der Waals surface area contributed by atoms with Crippen molar-refractivity contribution in [3.05, 3.63) is 24.0 Å². The molecule has 0 spiro atoms. The van der Waals surface area contributed by atoms with Crippen LogP contribution in [0.15, 0.2) is 23.1 Å². The molecule has 0 aliphatic carbocycles. The summed E-state index contributed by atoms with van der Waals surface area (Å²) in [6.07, 6.45) is 0. The number of nitrogens with two attached hydrogens (primary N) is 1. The van der Waals surface area contributed by atoms with Crippen LogP contribution in [0.5, 0.6) is 0 Å². The van der Waals surface area contributed by atoms with Crippen LogP contribution < -0.4 is 10.6 Å². The molecule has 1 aliphatic rings. The quantitative estimate of drug-likeness (QED) is 0.764. The Labute approximate surface area is 93.8 Å². The minimum atomic E-state index is -3.26. The first kappa shape index (κ1) is 11.3. The Morgan fingerprint density at radius 1 is 1.44 bits per heavy atom. The maximum Gasteiger partial charge on any atom is 0.182 e.